The van der Waals surface area contributed by atoms with Gasteiger partial charge in [0.2, 0.25) is 10.0 Å². The maximum atomic E-state index is 13.0. The van der Waals surface area contributed by atoms with E-state index in [1.54, 1.807) is 30.3 Å². The number of ether oxygens (including phenoxy) is 1. The van der Waals surface area contributed by atoms with Gasteiger partial charge in [-0.15, -0.1) is 0 Å². The third-order valence-electron chi connectivity index (χ3n) is 3.44. The van der Waals surface area contributed by atoms with E-state index in [0.29, 0.717) is 11.8 Å². The lowest BCUT2D eigenvalue weighted by atomic mass is 10.1. The molecule has 0 aliphatic carbocycles. The number of rotatable bonds is 4. The van der Waals surface area contributed by atoms with Gasteiger partial charge in [-0.2, -0.15) is 13.2 Å². The topological polar surface area (TPSA) is 95.2 Å². The van der Waals surface area contributed by atoms with Crippen molar-refractivity contribution in [2.45, 2.75) is 11.1 Å². The first-order chi connectivity index (χ1) is 12.7. The molecule has 1 heterocycles. The van der Waals surface area contributed by atoms with Gasteiger partial charge in [0.15, 0.2) is 5.82 Å². The molecule has 0 saturated carbocycles. The van der Waals surface area contributed by atoms with Crippen LogP contribution >= 0.6 is 0 Å². The molecule has 140 valence electrons. The number of hydrogen-bond acceptors (Lipinski definition) is 5. The van der Waals surface area contributed by atoms with Crippen molar-refractivity contribution in [1.82, 2.24) is 9.97 Å². The number of alkyl halides is 3. The predicted molar refractivity (Wildman–Crippen MR) is 90.4 cm³/mol. The van der Waals surface area contributed by atoms with Crippen molar-refractivity contribution in [3.05, 3.63) is 66.5 Å². The van der Waals surface area contributed by atoms with Gasteiger partial charge >= 0.3 is 6.18 Å². The number of nitrogens with two attached hydrogens (primary N) is 1. The maximum Gasteiger partial charge on any atom is 0.433 e. The number of halogens is 3. The fourth-order valence-corrected chi connectivity index (χ4v) is 3.05. The van der Waals surface area contributed by atoms with Crippen LogP contribution in [0.15, 0.2) is 65.7 Å². The largest absolute Gasteiger partial charge is 0.457 e. The molecule has 2 aromatic carbocycles. The fourth-order valence-electron chi connectivity index (χ4n) is 2.31. The Hall–Kier alpha value is -2.98. The van der Waals surface area contributed by atoms with Crippen LogP contribution in [0, 0.1) is 0 Å². The molecule has 0 spiro atoms. The van der Waals surface area contributed by atoms with Crippen LogP contribution in [-0.2, 0) is 16.2 Å². The predicted octanol–water partition coefficient (Wildman–Crippen LogP) is 3.60. The van der Waals surface area contributed by atoms with Crippen LogP contribution in [0.1, 0.15) is 5.69 Å². The van der Waals surface area contributed by atoms with Crippen molar-refractivity contribution < 1.29 is 26.3 Å². The number of sulfonamides is 1. The van der Waals surface area contributed by atoms with Gasteiger partial charge in [0.1, 0.15) is 17.2 Å². The van der Waals surface area contributed by atoms with Crippen molar-refractivity contribution in [2.24, 2.45) is 5.14 Å². The third-order valence-corrected chi connectivity index (χ3v) is 4.39. The Morgan fingerprint density at radius 2 is 1.67 bits per heavy atom. The Labute approximate surface area is 152 Å². The van der Waals surface area contributed by atoms with Crippen LogP contribution in [-0.4, -0.2) is 18.4 Å². The summed E-state index contributed by atoms with van der Waals surface area (Å²) in [5.74, 6) is -0.176. The smallest absolute Gasteiger partial charge is 0.433 e. The summed E-state index contributed by atoms with van der Waals surface area (Å²) in [6.07, 6.45) is -3.84. The van der Waals surface area contributed by atoms with Crippen molar-refractivity contribution in [3.8, 4) is 22.9 Å². The first-order valence-corrected chi connectivity index (χ1v) is 9.00. The monoisotopic (exact) mass is 395 g/mol. The average Bonchev–Trinajstić information content (AvgIpc) is 2.61. The zero-order valence-corrected chi connectivity index (χ0v) is 14.3. The van der Waals surface area contributed by atoms with Crippen molar-refractivity contribution >= 4 is 10.0 Å². The van der Waals surface area contributed by atoms with Crippen LogP contribution in [0.2, 0.25) is 0 Å². The number of benzene rings is 2. The van der Waals surface area contributed by atoms with Crippen LogP contribution in [0.3, 0.4) is 0 Å². The van der Waals surface area contributed by atoms with E-state index >= 15 is 0 Å². The highest BCUT2D eigenvalue weighted by molar-refractivity contribution is 7.89. The van der Waals surface area contributed by atoms with E-state index < -0.39 is 32.6 Å². The number of primary sulfonamides is 1. The molecule has 10 heteroatoms. The van der Waals surface area contributed by atoms with Crippen molar-refractivity contribution in [3.63, 3.8) is 0 Å². The molecule has 0 aliphatic rings. The quantitative estimate of drug-likeness (QED) is 0.728. The highest BCUT2D eigenvalue weighted by Crippen LogP contribution is 2.37. The molecule has 27 heavy (non-hydrogen) atoms. The van der Waals surface area contributed by atoms with Crippen molar-refractivity contribution in [1.29, 1.82) is 0 Å². The highest BCUT2D eigenvalue weighted by Gasteiger charge is 2.33. The SMILES string of the molecule is NS(=O)(=O)c1cccc(Oc2ccccc2)c1-c1nccc(C(F)(F)F)n1. The summed E-state index contributed by atoms with van der Waals surface area (Å²) in [6.45, 7) is 0. The van der Waals surface area contributed by atoms with Crippen molar-refractivity contribution in [2.75, 3.05) is 0 Å². The maximum absolute atomic E-state index is 13.0. The van der Waals surface area contributed by atoms with Gasteiger partial charge in [0.25, 0.3) is 0 Å². The molecule has 0 amide bonds. The summed E-state index contributed by atoms with van der Waals surface area (Å²) in [5, 5.41) is 5.22. The summed E-state index contributed by atoms with van der Waals surface area (Å²) < 4.78 is 68.6. The van der Waals surface area contributed by atoms with E-state index in [2.05, 4.69) is 9.97 Å². The van der Waals surface area contributed by atoms with Gasteiger partial charge in [-0.25, -0.2) is 23.5 Å². The summed E-state index contributed by atoms with van der Waals surface area (Å²) >= 11 is 0. The van der Waals surface area contributed by atoms with E-state index in [9.17, 15) is 21.6 Å². The molecule has 0 unspecified atom stereocenters. The lowest BCUT2D eigenvalue weighted by Gasteiger charge is -2.14. The average molecular weight is 395 g/mol. The summed E-state index contributed by atoms with van der Waals surface area (Å²) in [4.78, 5) is 6.79. The fraction of sp³-hybridized carbons (Fsp3) is 0.0588. The molecule has 2 N–H and O–H groups in total. The van der Waals surface area contributed by atoms with E-state index in [0.717, 1.165) is 12.3 Å². The third kappa shape index (κ3) is 4.23. The minimum Gasteiger partial charge on any atom is -0.457 e. The molecule has 3 rings (SSSR count). The Morgan fingerprint density at radius 1 is 0.963 bits per heavy atom. The zero-order valence-electron chi connectivity index (χ0n) is 13.5. The van der Waals surface area contributed by atoms with Gasteiger partial charge in [-0.1, -0.05) is 24.3 Å². The van der Waals surface area contributed by atoms with E-state index in [1.165, 1.54) is 12.1 Å². The number of para-hydroxylation sites is 1. The molecule has 0 radical (unpaired) electrons. The Bertz CT molecular complexity index is 1070. The van der Waals surface area contributed by atoms with Crippen LogP contribution in [0.25, 0.3) is 11.4 Å². The second kappa shape index (κ2) is 6.97. The molecule has 1 aromatic heterocycles. The molecule has 0 fully saturated rings. The van der Waals surface area contributed by atoms with Crippen LogP contribution in [0.5, 0.6) is 11.5 Å². The molecule has 0 aliphatic heterocycles. The van der Waals surface area contributed by atoms with Gasteiger partial charge in [0, 0.05) is 6.20 Å². The molecular weight excluding hydrogens is 383 g/mol. The minimum atomic E-state index is -4.73. The zero-order chi connectivity index (χ0) is 19.7. The number of aromatic nitrogens is 2. The normalized spacial score (nSPS) is 12.0. The van der Waals surface area contributed by atoms with Crippen LogP contribution < -0.4 is 9.88 Å². The summed E-state index contributed by atoms with van der Waals surface area (Å²) in [6, 6.07) is 12.9. The van der Waals surface area contributed by atoms with E-state index in [1.807, 2.05) is 0 Å². The van der Waals surface area contributed by atoms with Gasteiger partial charge in [-0.05, 0) is 30.3 Å². The Kier molecular flexibility index (Phi) is 4.85. The molecule has 0 bridgehead atoms. The molecule has 0 saturated heterocycles. The highest BCUT2D eigenvalue weighted by atomic mass is 32.2. The molecule has 0 atom stereocenters. The second-order valence-corrected chi connectivity index (χ2v) is 6.88. The first-order valence-electron chi connectivity index (χ1n) is 7.45. The lowest BCUT2D eigenvalue weighted by Crippen LogP contribution is -2.15. The lowest BCUT2D eigenvalue weighted by molar-refractivity contribution is -0.141. The summed E-state index contributed by atoms with van der Waals surface area (Å²) in [5.41, 5.74) is -1.47. The number of hydrogen-bond donors (Lipinski definition) is 1. The van der Waals surface area contributed by atoms with E-state index in [4.69, 9.17) is 9.88 Å². The van der Waals surface area contributed by atoms with Gasteiger partial charge in [0.05, 0.1) is 10.5 Å². The Morgan fingerprint density at radius 3 is 2.30 bits per heavy atom. The van der Waals surface area contributed by atoms with Crippen LogP contribution in [0.4, 0.5) is 13.2 Å². The van der Waals surface area contributed by atoms with Gasteiger partial charge < -0.3 is 4.74 Å². The first kappa shape index (κ1) is 18.8. The van der Waals surface area contributed by atoms with Gasteiger partial charge in [-0.3, -0.25) is 0 Å². The summed E-state index contributed by atoms with van der Waals surface area (Å²) in [7, 11) is -4.29. The molecule has 3 aromatic rings. The standard InChI is InChI=1S/C17H12F3N3O3S/c18-17(19,20)14-9-10-22-16(23-14)15-12(26-11-5-2-1-3-6-11)7-4-8-13(15)27(21,24)25/h1-10H,(H2,21,24,25). The Balaban J connectivity index is 2.23. The minimum absolute atomic E-state index is 0.0490. The molecular formula is C17H12F3N3O3S. The molecule has 6 nitrogen and oxygen atoms in total. The number of nitrogens with zero attached hydrogens (tertiary/aromatic N) is 2. The second-order valence-electron chi connectivity index (χ2n) is 5.35. The van der Waals surface area contributed by atoms with E-state index in [-0.39, 0.29) is 11.3 Å².